The molecular weight excluding hydrogens is 381 g/mol. The number of benzene rings is 1. The van der Waals surface area contributed by atoms with Crippen molar-refractivity contribution < 1.29 is 4.79 Å². The van der Waals surface area contributed by atoms with E-state index < -0.39 is 0 Å². The lowest BCUT2D eigenvalue weighted by Gasteiger charge is -2.08. The van der Waals surface area contributed by atoms with E-state index in [0.29, 0.717) is 15.2 Å². The summed E-state index contributed by atoms with van der Waals surface area (Å²) in [5.41, 5.74) is 3.19. The quantitative estimate of drug-likeness (QED) is 0.720. The second-order valence-electron chi connectivity index (χ2n) is 5.51. The van der Waals surface area contributed by atoms with Crippen LogP contribution in [0.2, 0.25) is 10.0 Å². The molecule has 2 aromatic heterocycles. The molecule has 1 aromatic carbocycles. The molecular formula is C16H15Cl2N5OS. The number of amides is 1. The van der Waals surface area contributed by atoms with Gasteiger partial charge in [-0.05, 0) is 39.0 Å². The Bertz CT molecular complexity index is 950. The van der Waals surface area contributed by atoms with Crippen molar-refractivity contribution in [3.63, 3.8) is 0 Å². The van der Waals surface area contributed by atoms with Crippen LogP contribution in [0.3, 0.4) is 0 Å². The summed E-state index contributed by atoms with van der Waals surface area (Å²) in [5, 5.41) is 17.4. The number of carbonyl (C=O) groups excluding carboxylic acids is 1. The van der Waals surface area contributed by atoms with Crippen LogP contribution in [-0.2, 0) is 11.2 Å². The molecule has 130 valence electrons. The minimum atomic E-state index is -0.163. The first kappa shape index (κ1) is 17.8. The molecule has 0 atom stereocenters. The summed E-state index contributed by atoms with van der Waals surface area (Å²) < 4.78 is 1.73. The molecule has 9 heteroatoms. The fourth-order valence-electron chi connectivity index (χ4n) is 2.49. The number of nitrogens with one attached hydrogen (secondary N) is 1. The van der Waals surface area contributed by atoms with Crippen molar-refractivity contribution in [2.75, 3.05) is 5.32 Å². The third-order valence-corrected chi connectivity index (χ3v) is 4.98. The second kappa shape index (κ2) is 7.11. The number of nitrogens with zero attached hydrogens (tertiary/aromatic N) is 4. The van der Waals surface area contributed by atoms with Crippen molar-refractivity contribution in [3.8, 4) is 5.69 Å². The van der Waals surface area contributed by atoms with Crippen LogP contribution in [0.5, 0.6) is 0 Å². The van der Waals surface area contributed by atoms with Crippen LogP contribution in [0.25, 0.3) is 5.69 Å². The van der Waals surface area contributed by atoms with E-state index in [2.05, 4.69) is 20.6 Å². The Labute approximate surface area is 158 Å². The van der Waals surface area contributed by atoms with Gasteiger partial charge in [0.1, 0.15) is 5.01 Å². The summed E-state index contributed by atoms with van der Waals surface area (Å²) in [5.74, 6) is -0.163. The van der Waals surface area contributed by atoms with E-state index in [9.17, 15) is 4.79 Å². The van der Waals surface area contributed by atoms with Crippen molar-refractivity contribution in [1.82, 2.24) is 20.0 Å². The monoisotopic (exact) mass is 395 g/mol. The number of aromatic nitrogens is 4. The van der Waals surface area contributed by atoms with Crippen molar-refractivity contribution >= 4 is 45.6 Å². The van der Waals surface area contributed by atoms with Gasteiger partial charge in [0.2, 0.25) is 11.0 Å². The maximum Gasteiger partial charge on any atom is 0.230 e. The SMILES string of the molecule is Cc1nnc(NC(=O)Cc2c(C)nn(-c3ccc(Cl)cc3Cl)c2C)s1. The normalized spacial score (nSPS) is 10.9. The predicted molar refractivity (Wildman–Crippen MR) is 100 cm³/mol. The number of rotatable bonds is 4. The molecule has 0 saturated heterocycles. The molecule has 0 aliphatic rings. The zero-order chi connectivity index (χ0) is 18.1. The van der Waals surface area contributed by atoms with Gasteiger partial charge < -0.3 is 5.32 Å². The molecule has 0 fully saturated rings. The van der Waals surface area contributed by atoms with Crippen molar-refractivity contribution in [3.05, 3.63) is 50.2 Å². The number of hydrogen-bond acceptors (Lipinski definition) is 5. The number of aryl methyl sites for hydroxylation is 2. The Morgan fingerprint density at radius 2 is 2.00 bits per heavy atom. The van der Waals surface area contributed by atoms with E-state index >= 15 is 0 Å². The van der Waals surface area contributed by atoms with E-state index in [0.717, 1.165) is 27.6 Å². The van der Waals surface area contributed by atoms with Crippen LogP contribution < -0.4 is 5.32 Å². The van der Waals surface area contributed by atoms with Gasteiger partial charge in [0.25, 0.3) is 0 Å². The van der Waals surface area contributed by atoms with Crippen molar-refractivity contribution in [1.29, 1.82) is 0 Å². The Kier molecular flexibility index (Phi) is 5.08. The molecule has 6 nitrogen and oxygen atoms in total. The average Bonchev–Trinajstić information content (AvgIpc) is 3.05. The van der Waals surface area contributed by atoms with Gasteiger partial charge in [-0.15, -0.1) is 10.2 Å². The summed E-state index contributed by atoms with van der Waals surface area (Å²) in [6.07, 6.45) is 0.196. The van der Waals surface area contributed by atoms with Gasteiger partial charge >= 0.3 is 0 Å². The summed E-state index contributed by atoms with van der Waals surface area (Å²) >= 11 is 13.6. The number of anilines is 1. The molecule has 0 aliphatic heterocycles. The molecule has 0 saturated carbocycles. The van der Waals surface area contributed by atoms with E-state index in [-0.39, 0.29) is 12.3 Å². The summed E-state index contributed by atoms with van der Waals surface area (Å²) in [7, 11) is 0. The highest BCUT2D eigenvalue weighted by Gasteiger charge is 2.18. The van der Waals surface area contributed by atoms with E-state index in [1.807, 2.05) is 20.8 Å². The van der Waals surface area contributed by atoms with Gasteiger partial charge in [-0.3, -0.25) is 4.79 Å². The highest BCUT2D eigenvalue weighted by molar-refractivity contribution is 7.15. The van der Waals surface area contributed by atoms with Gasteiger partial charge in [0.15, 0.2) is 0 Å². The Balaban J connectivity index is 1.85. The van der Waals surface area contributed by atoms with Crippen LogP contribution in [0, 0.1) is 20.8 Å². The number of hydrogen-bond donors (Lipinski definition) is 1. The molecule has 1 N–H and O–H groups in total. The first-order valence-corrected chi connectivity index (χ1v) is 9.03. The predicted octanol–water partition coefficient (Wildman–Crippen LogP) is 4.14. The molecule has 0 bridgehead atoms. The largest absolute Gasteiger partial charge is 0.300 e. The average molecular weight is 396 g/mol. The summed E-state index contributed by atoms with van der Waals surface area (Å²) in [6.45, 7) is 5.61. The highest BCUT2D eigenvalue weighted by Crippen LogP contribution is 2.27. The molecule has 1 amide bonds. The van der Waals surface area contributed by atoms with Gasteiger partial charge in [-0.1, -0.05) is 34.5 Å². The third kappa shape index (κ3) is 3.84. The van der Waals surface area contributed by atoms with Crippen LogP contribution >= 0.6 is 34.5 Å². The van der Waals surface area contributed by atoms with E-state index in [1.54, 1.807) is 22.9 Å². The smallest absolute Gasteiger partial charge is 0.230 e. The molecule has 0 unspecified atom stereocenters. The van der Waals surface area contributed by atoms with E-state index in [1.165, 1.54) is 11.3 Å². The number of carbonyl (C=O) groups is 1. The lowest BCUT2D eigenvalue weighted by molar-refractivity contribution is -0.115. The molecule has 0 aliphatic carbocycles. The zero-order valence-corrected chi connectivity index (χ0v) is 16.1. The first-order valence-electron chi connectivity index (χ1n) is 7.45. The summed E-state index contributed by atoms with van der Waals surface area (Å²) in [6, 6.07) is 5.22. The standard InChI is InChI=1S/C16H15Cl2N5OS/c1-8-12(7-15(24)19-16-21-20-10(3)25-16)9(2)23(22-8)14-5-4-11(17)6-13(14)18/h4-6H,7H2,1-3H3,(H,19,21,24). The Hall–Kier alpha value is -1.96. The number of halogens is 2. The van der Waals surface area contributed by atoms with Crippen LogP contribution in [0.4, 0.5) is 5.13 Å². The lowest BCUT2D eigenvalue weighted by atomic mass is 10.1. The Morgan fingerprint density at radius 3 is 2.64 bits per heavy atom. The Morgan fingerprint density at radius 1 is 1.24 bits per heavy atom. The van der Waals surface area contributed by atoms with Gasteiger partial charge in [0.05, 0.1) is 22.8 Å². The maximum atomic E-state index is 12.3. The maximum absolute atomic E-state index is 12.3. The molecule has 3 aromatic rings. The van der Waals surface area contributed by atoms with Crippen LogP contribution in [0.15, 0.2) is 18.2 Å². The fourth-order valence-corrected chi connectivity index (χ4v) is 3.59. The molecule has 0 radical (unpaired) electrons. The molecule has 2 heterocycles. The zero-order valence-electron chi connectivity index (χ0n) is 13.8. The fraction of sp³-hybridized carbons (Fsp3) is 0.250. The highest BCUT2D eigenvalue weighted by atomic mass is 35.5. The van der Waals surface area contributed by atoms with Crippen molar-refractivity contribution in [2.24, 2.45) is 0 Å². The first-order chi connectivity index (χ1) is 11.8. The van der Waals surface area contributed by atoms with E-state index in [4.69, 9.17) is 23.2 Å². The van der Waals surface area contributed by atoms with Gasteiger partial charge in [-0.2, -0.15) is 5.10 Å². The molecule has 0 spiro atoms. The lowest BCUT2D eigenvalue weighted by Crippen LogP contribution is -2.15. The third-order valence-electron chi connectivity index (χ3n) is 3.69. The minimum absolute atomic E-state index is 0.163. The molecule has 3 rings (SSSR count). The molecule has 25 heavy (non-hydrogen) atoms. The topological polar surface area (TPSA) is 72.7 Å². The van der Waals surface area contributed by atoms with Crippen LogP contribution in [0.1, 0.15) is 22.0 Å². The van der Waals surface area contributed by atoms with Gasteiger partial charge in [-0.25, -0.2) is 4.68 Å². The second-order valence-corrected chi connectivity index (χ2v) is 7.53. The minimum Gasteiger partial charge on any atom is -0.300 e. The van der Waals surface area contributed by atoms with Gasteiger partial charge in [0, 0.05) is 16.3 Å². The van der Waals surface area contributed by atoms with Crippen molar-refractivity contribution in [2.45, 2.75) is 27.2 Å². The van der Waals surface area contributed by atoms with Crippen LogP contribution in [-0.4, -0.2) is 25.9 Å². The summed E-state index contributed by atoms with van der Waals surface area (Å²) in [4.78, 5) is 12.3.